The number of methoxy groups -OCH3 is 1. The number of ether oxygens (including phenoxy) is 2. The fraction of sp³-hybridized carbons (Fsp3) is 0.125. The Balaban J connectivity index is 1.55. The molecule has 0 spiro atoms. The number of carbonyl (C=O) groups is 2. The molecule has 7 nitrogen and oxygen atoms in total. The van der Waals surface area contributed by atoms with Gasteiger partial charge in [-0.2, -0.15) is 5.10 Å². The van der Waals surface area contributed by atoms with Crippen LogP contribution in [0.1, 0.15) is 16.7 Å². The molecule has 0 aliphatic carbocycles. The number of benzene rings is 3. The van der Waals surface area contributed by atoms with Gasteiger partial charge in [0.15, 0.2) is 11.5 Å². The summed E-state index contributed by atoms with van der Waals surface area (Å²) in [6.07, 6.45) is 1.38. The third-order valence-electron chi connectivity index (χ3n) is 4.39. The van der Waals surface area contributed by atoms with Crippen LogP contribution in [-0.4, -0.2) is 25.1 Å². The monoisotopic (exact) mass is 435 g/mol. The van der Waals surface area contributed by atoms with Gasteiger partial charge in [0.2, 0.25) is 0 Å². The van der Waals surface area contributed by atoms with Crippen LogP contribution in [0, 0.1) is 12.7 Å². The Morgan fingerprint density at radius 2 is 1.69 bits per heavy atom. The number of hydrazone groups is 1. The van der Waals surface area contributed by atoms with Gasteiger partial charge in [-0.15, -0.1) is 0 Å². The number of amides is 2. The Morgan fingerprint density at radius 1 is 0.969 bits per heavy atom. The van der Waals surface area contributed by atoms with Crippen LogP contribution < -0.4 is 20.2 Å². The molecule has 0 aromatic heterocycles. The number of hydrogen-bond acceptors (Lipinski definition) is 5. The molecule has 3 aromatic rings. The summed E-state index contributed by atoms with van der Waals surface area (Å²) in [4.78, 5) is 23.9. The first-order valence-corrected chi connectivity index (χ1v) is 9.71. The highest BCUT2D eigenvalue weighted by molar-refractivity contribution is 6.39. The first kappa shape index (κ1) is 22.5. The van der Waals surface area contributed by atoms with Gasteiger partial charge in [-0.1, -0.05) is 29.8 Å². The number of nitrogens with zero attached hydrogens (tertiary/aromatic N) is 1. The molecule has 0 unspecified atom stereocenters. The van der Waals surface area contributed by atoms with Crippen molar-refractivity contribution in [3.63, 3.8) is 0 Å². The van der Waals surface area contributed by atoms with Gasteiger partial charge in [0, 0.05) is 5.69 Å². The van der Waals surface area contributed by atoms with Crippen LogP contribution in [0.25, 0.3) is 0 Å². The zero-order valence-corrected chi connectivity index (χ0v) is 17.6. The summed E-state index contributed by atoms with van der Waals surface area (Å²) in [5.41, 5.74) is 5.17. The van der Waals surface area contributed by atoms with Gasteiger partial charge in [0.25, 0.3) is 0 Å². The lowest BCUT2D eigenvalue weighted by Gasteiger charge is -2.11. The zero-order chi connectivity index (χ0) is 22.9. The number of halogens is 1. The van der Waals surface area contributed by atoms with E-state index in [1.165, 1.54) is 25.5 Å². The van der Waals surface area contributed by atoms with E-state index in [4.69, 9.17) is 9.47 Å². The molecule has 0 heterocycles. The molecule has 0 saturated heterocycles. The second-order valence-corrected chi connectivity index (χ2v) is 6.84. The molecule has 0 radical (unpaired) electrons. The van der Waals surface area contributed by atoms with E-state index >= 15 is 0 Å². The largest absolute Gasteiger partial charge is 0.493 e. The lowest BCUT2D eigenvalue weighted by atomic mass is 10.2. The van der Waals surface area contributed by atoms with Gasteiger partial charge in [-0.3, -0.25) is 9.59 Å². The standard InChI is InChI=1S/C24H22FN3O4/c1-16-3-10-20(11-4-16)27-23(29)24(30)28-26-14-18-7-12-21(22(13-18)31-2)32-15-17-5-8-19(25)9-6-17/h3-14H,15H2,1-2H3,(H,27,29)(H,28,30)/b26-14+. The summed E-state index contributed by atoms with van der Waals surface area (Å²) in [6.45, 7) is 2.17. The van der Waals surface area contributed by atoms with Crippen LogP contribution in [-0.2, 0) is 16.2 Å². The van der Waals surface area contributed by atoms with Crippen LogP contribution in [0.3, 0.4) is 0 Å². The fourth-order valence-electron chi connectivity index (χ4n) is 2.67. The summed E-state index contributed by atoms with van der Waals surface area (Å²) in [5.74, 6) is -1.08. The number of anilines is 1. The second kappa shape index (κ2) is 10.7. The van der Waals surface area contributed by atoms with E-state index in [0.717, 1.165) is 11.1 Å². The van der Waals surface area contributed by atoms with Crippen molar-refractivity contribution in [1.29, 1.82) is 0 Å². The van der Waals surface area contributed by atoms with Gasteiger partial charge in [-0.05, 0) is 60.5 Å². The Labute approximate surface area is 184 Å². The van der Waals surface area contributed by atoms with E-state index < -0.39 is 11.8 Å². The van der Waals surface area contributed by atoms with Gasteiger partial charge in [0.1, 0.15) is 12.4 Å². The van der Waals surface area contributed by atoms with E-state index in [0.29, 0.717) is 22.7 Å². The number of nitrogens with one attached hydrogen (secondary N) is 2. The maximum atomic E-state index is 13.0. The summed E-state index contributed by atoms with van der Waals surface area (Å²) < 4.78 is 24.1. The van der Waals surface area contributed by atoms with Gasteiger partial charge >= 0.3 is 11.8 Å². The highest BCUT2D eigenvalue weighted by Crippen LogP contribution is 2.28. The van der Waals surface area contributed by atoms with Crippen LogP contribution >= 0.6 is 0 Å². The van der Waals surface area contributed by atoms with Gasteiger partial charge in [-0.25, -0.2) is 9.82 Å². The molecule has 2 amide bonds. The van der Waals surface area contributed by atoms with E-state index in [-0.39, 0.29) is 12.4 Å². The number of rotatable bonds is 7. The van der Waals surface area contributed by atoms with E-state index in [1.54, 1.807) is 42.5 Å². The molecule has 0 atom stereocenters. The Hall–Kier alpha value is -4.20. The molecule has 8 heteroatoms. The van der Waals surface area contributed by atoms with Crippen molar-refractivity contribution < 1.29 is 23.5 Å². The minimum absolute atomic E-state index is 0.246. The normalized spacial score (nSPS) is 10.6. The molecular formula is C24H22FN3O4. The predicted molar refractivity (Wildman–Crippen MR) is 119 cm³/mol. The molecule has 0 aliphatic heterocycles. The maximum absolute atomic E-state index is 13.0. The van der Waals surface area contributed by atoms with Crippen molar-refractivity contribution >= 4 is 23.7 Å². The van der Waals surface area contributed by atoms with Crippen molar-refractivity contribution in [2.75, 3.05) is 12.4 Å². The molecule has 3 aromatic carbocycles. The fourth-order valence-corrected chi connectivity index (χ4v) is 2.67. The first-order valence-electron chi connectivity index (χ1n) is 9.71. The second-order valence-electron chi connectivity index (χ2n) is 6.84. The van der Waals surface area contributed by atoms with Gasteiger partial charge in [0.05, 0.1) is 13.3 Å². The Bertz CT molecular complexity index is 1110. The summed E-state index contributed by atoms with van der Waals surface area (Å²) in [7, 11) is 1.50. The third kappa shape index (κ3) is 6.40. The average molecular weight is 435 g/mol. The van der Waals surface area contributed by atoms with E-state index in [2.05, 4.69) is 15.8 Å². The number of carbonyl (C=O) groups excluding carboxylic acids is 2. The number of hydrogen-bond donors (Lipinski definition) is 2. The van der Waals surface area contributed by atoms with Crippen molar-refractivity contribution in [3.05, 3.63) is 89.2 Å². The minimum Gasteiger partial charge on any atom is -0.493 e. The van der Waals surface area contributed by atoms with Crippen molar-refractivity contribution in [2.45, 2.75) is 13.5 Å². The van der Waals surface area contributed by atoms with Crippen molar-refractivity contribution in [1.82, 2.24) is 5.43 Å². The van der Waals surface area contributed by atoms with Crippen LogP contribution in [0.15, 0.2) is 71.8 Å². The Morgan fingerprint density at radius 3 is 2.38 bits per heavy atom. The summed E-state index contributed by atoms with van der Waals surface area (Å²) >= 11 is 0. The van der Waals surface area contributed by atoms with Crippen LogP contribution in [0.5, 0.6) is 11.5 Å². The van der Waals surface area contributed by atoms with Crippen molar-refractivity contribution in [3.8, 4) is 11.5 Å². The van der Waals surface area contributed by atoms with E-state index in [9.17, 15) is 14.0 Å². The topological polar surface area (TPSA) is 89.0 Å². The van der Waals surface area contributed by atoms with Crippen molar-refractivity contribution in [2.24, 2.45) is 5.10 Å². The molecule has 32 heavy (non-hydrogen) atoms. The highest BCUT2D eigenvalue weighted by atomic mass is 19.1. The van der Waals surface area contributed by atoms with E-state index in [1.807, 2.05) is 19.1 Å². The molecule has 0 fully saturated rings. The summed E-state index contributed by atoms with van der Waals surface area (Å²) in [6, 6.07) is 18.1. The van der Waals surface area contributed by atoms with Gasteiger partial charge < -0.3 is 14.8 Å². The maximum Gasteiger partial charge on any atom is 0.329 e. The zero-order valence-electron chi connectivity index (χ0n) is 17.6. The molecule has 164 valence electrons. The molecule has 0 saturated carbocycles. The third-order valence-corrected chi connectivity index (χ3v) is 4.39. The lowest BCUT2D eigenvalue weighted by molar-refractivity contribution is -0.136. The Kier molecular flexibility index (Phi) is 7.53. The molecular weight excluding hydrogens is 413 g/mol. The highest BCUT2D eigenvalue weighted by Gasteiger charge is 2.12. The quantitative estimate of drug-likeness (QED) is 0.336. The summed E-state index contributed by atoms with van der Waals surface area (Å²) in [5, 5.41) is 6.30. The smallest absolute Gasteiger partial charge is 0.329 e. The van der Waals surface area contributed by atoms with Crippen LogP contribution in [0.2, 0.25) is 0 Å². The molecule has 0 aliphatic rings. The molecule has 3 rings (SSSR count). The average Bonchev–Trinajstić information content (AvgIpc) is 2.80. The number of aryl methyl sites for hydroxylation is 1. The molecule has 2 N–H and O–H groups in total. The predicted octanol–water partition coefficient (Wildman–Crippen LogP) is 3.81. The minimum atomic E-state index is -0.895. The van der Waals surface area contributed by atoms with Crippen LogP contribution in [0.4, 0.5) is 10.1 Å². The first-order chi connectivity index (χ1) is 15.4. The lowest BCUT2D eigenvalue weighted by Crippen LogP contribution is -2.32. The molecule has 0 bridgehead atoms. The SMILES string of the molecule is COc1cc(/C=N/NC(=O)C(=O)Nc2ccc(C)cc2)ccc1OCc1ccc(F)cc1.